The molecule has 1 aromatic heterocycles. The van der Waals surface area contributed by atoms with Crippen LogP contribution in [0.3, 0.4) is 0 Å². The smallest absolute Gasteiger partial charge is 0.305 e. The van der Waals surface area contributed by atoms with Gasteiger partial charge in [-0.3, -0.25) is 25.2 Å². The molecule has 0 radical (unpaired) electrons. The maximum atomic E-state index is 12.5. The fourth-order valence-electron chi connectivity index (χ4n) is 2.33. The molecule has 0 saturated carbocycles. The van der Waals surface area contributed by atoms with Crippen LogP contribution in [0.15, 0.2) is 76.2 Å². The third-order valence-electron chi connectivity index (χ3n) is 3.85. The Morgan fingerprint density at radius 1 is 0.857 bits per heavy atom. The highest BCUT2D eigenvalue weighted by atomic mass is 32.2. The Balaban J connectivity index is 1.66. The van der Waals surface area contributed by atoms with E-state index in [1.807, 2.05) is 6.07 Å². The van der Waals surface area contributed by atoms with Gasteiger partial charge in [-0.15, -0.1) is 0 Å². The van der Waals surface area contributed by atoms with Crippen LogP contribution in [0.2, 0.25) is 0 Å². The number of benzene rings is 2. The maximum absolute atomic E-state index is 12.5. The van der Waals surface area contributed by atoms with Gasteiger partial charge in [-0.05, 0) is 55.0 Å². The highest BCUT2D eigenvalue weighted by Crippen LogP contribution is 2.19. The topological polar surface area (TPSA) is 118 Å². The van der Waals surface area contributed by atoms with E-state index in [4.69, 9.17) is 4.42 Å². The minimum Gasteiger partial charge on any atom is -0.459 e. The Morgan fingerprint density at radius 3 is 2.18 bits per heavy atom. The molecule has 0 saturated heterocycles. The number of amides is 2. The van der Waals surface area contributed by atoms with Crippen molar-refractivity contribution >= 4 is 27.5 Å². The molecule has 9 heteroatoms. The highest BCUT2D eigenvalue weighted by molar-refractivity contribution is 7.92. The summed E-state index contributed by atoms with van der Waals surface area (Å²) in [7, 11) is -3.80. The van der Waals surface area contributed by atoms with Crippen molar-refractivity contribution in [1.29, 1.82) is 0 Å². The lowest BCUT2D eigenvalue weighted by atomic mass is 10.2. The van der Waals surface area contributed by atoms with Crippen LogP contribution in [0.25, 0.3) is 0 Å². The predicted octanol–water partition coefficient (Wildman–Crippen LogP) is 2.46. The Kier molecular flexibility index (Phi) is 5.46. The first kappa shape index (κ1) is 19.2. The van der Waals surface area contributed by atoms with Crippen LogP contribution in [0.5, 0.6) is 0 Å². The highest BCUT2D eigenvalue weighted by Gasteiger charge is 2.16. The van der Waals surface area contributed by atoms with Gasteiger partial charge < -0.3 is 4.42 Å². The SMILES string of the molecule is Cc1ccccc1NS(=O)(=O)c1ccc(C(=O)NNC(=O)c2ccco2)cc1. The number of furan rings is 1. The summed E-state index contributed by atoms with van der Waals surface area (Å²) in [5.41, 5.74) is 5.87. The number of nitrogens with one attached hydrogen (secondary N) is 3. The third-order valence-corrected chi connectivity index (χ3v) is 5.23. The van der Waals surface area contributed by atoms with E-state index in [1.54, 1.807) is 31.2 Å². The molecule has 0 bridgehead atoms. The van der Waals surface area contributed by atoms with E-state index in [0.29, 0.717) is 5.69 Å². The van der Waals surface area contributed by atoms with E-state index >= 15 is 0 Å². The summed E-state index contributed by atoms with van der Waals surface area (Å²) in [5, 5.41) is 0. The van der Waals surface area contributed by atoms with Crippen molar-refractivity contribution in [2.45, 2.75) is 11.8 Å². The summed E-state index contributed by atoms with van der Waals surface area (Å²) in [6.45, 7) is 1.79. The number of carbonyl (C=O) groups is 2. The molecule has 0 aliphatic rings. The first-order valence-electron chi connectivity index (χ1n) is 8.19. The molecule has 0 fully saturated rings. The molecule has 3 aromatic rings. The molecule has 8 nitrogen and oxygen atoms in total. The van der Waals surface area contributed by atoms with Crippen molar-refractivity contribution in [3.8, 4) is 0 Å². The number of carbonyl (C=O) groups excluding carboxylic acids is 2. The normalized spacial score (nSPS) is 10.9. The van der Waals surface area contributed by atoms with Crippen molar-refractivity contribution in [2.75, 3.05) is 4.72 Å². The second-order valence-corrected chi connectivity index (χ2v) is 7.51. The number of hydrogen-bond donors (Lipinski definition) is 3. The summed E-state index contributed by atoms with van der Waals surface area (Å²) in [4.78, 5) is 23.8. The summed E-state index contributed by atoms with van der Waals surface area (Å²) >= 11 is 0. The number of hydrogen-bond acceptors (Lipinski definition) is 5. The predicted molar refractivity (Wildman–Crippen MR) is 102 cm³/mol. The van der Waals surface area contributed by atoms with Crippen LogP contribution in [0.1, 0.15) is 26.5 Å². The third kappa shape index (κ3) is 4.38. The van der Waals surface area contributed by atoms with E-state index in [0.717, 1.165) is 5.56 Å². The molecule has 2 aromatic carbocycles. The average molecular weight is 399 g/mol. The van der Waals surface area contributed by atoms with Gasteiger partial charge in [0.25, 0.3) is 15.9 Å². The van der Waals surface area contributed by atoms with Gasteiger partial charge >= 0.3 is 5.91 Å². The van der Waals surface area contributed by atoms with Crippen LogP contribution in [-0.4, -0.2) is 20.2 Å². The second-order valence-electron chi connectivity index (χ2n) is 5.83. The van der Waals surface area contributed by atoms with Crippen LogP contribution in [0.4, 0.5) is 5.69 Å². The zero-order chi connectivity index (χ0) is 20.1. The van der Waals surface area contributed by atoms with Crippen LogP contribution in [0, 0.1) is 6.92 Å². The maximum Gasteiger partial charge on any atom is 0.305 e. The number of para-hydroxylation sites is 1. The lowest BCUT2D eigenvalue weighted by Gasteiger charge is -2.11. The zero-order valence-electron chi connectivity index (χ0n) is 14.8. The monoisotopic (exact) mass is 399 g/mol. The summed E-state index contributed by atoms with van der Waals surface area (Å²) in [5.74, 6) is -1.17. The lowest BCUT2D eigenvalue weighted by Crippen LogP contribution is -2.41. The van der Waals surface area contributed by atoms with Gasteiger partial charge in [-0.25, -0.2) is 8.42 Å². The number of hydrazine groups is 1. The molecule has 0 spiro atoms. The van der Waals surface area contributed by atoms with Gasteiger partial charge in [0.2, 0.25) is 0 Å². The van der Waals surface area contributed by atoms with Crippen LogP contribution in [-0.2, 0) is 10.0 Å². The number of anilines is 1. The van der Waals surface area contributed by atoms with Crippen LogP contribution < -0.4 is 15.6 Å². The fraction of sp³-hybridized carbons (Fsp3) is 0.0526. The van der Waals surface area contributed by atoms with Gasteiger partial charge in [-0.1, -0.05) is 18.2 Å². The molecule has 3 rings (SSSR count). The fourth-order valence-corrected chi connectivity index (χ4v) is 3.46. The first-order valence-corrected chi connectivity index (χ1v) is 9.68. The quantitative estimate of drug-likeness (QED) is 0.570. The number of rotatable bonds is 5. The van der Waals surface area contributed by atoms with Gasteiger partial charge in [0.15, 0.2) is 5.76 Å². The largest absolute Gasteiger partial charge is 0.459 e. The zero-order valence-corrected chi connectivity index (χ0v) is 15.6. The standard InChI is InChI=1S/C19H17N3O5S/c1-13-5-2-3-6-16(13)22-28(25,26)15-10-8-14(9-11-15)18(23)20-21-19(24)17-7-4-12-27-17/h2-12,22H,1H3,(H,20,23)(H,21,24). The van der Waals surface area contributed by atoms with E-state index in [9.17, 15) is 18.0 Å². The van der Waals surface area contributed by atoms with E-state index in [-0.39, 0.29) is 16.2 Å². The molecule has 144 valence electrons. The van der Waals surface area contributed by atoms with Crippen molar-refractivity contribution in [1.82, 2.24) is 10.9 Å². The van der Waals surface area contributed by atoms with E-state index in [1.165, 1.54) is 36.6 Å². The minimum atomic E-state index is -3.80. The summed E-state index contributed by atoms with van der Waals surface area (Å²) in [6.07, 6.45) is 1.33. The van der Waals surface area contributed by atoms with Gasteiger partial charge in [-0.2, -0.15) is 0 Å². The Morgan fingerprint density at radius 2 is 1.54 bits per heavy atom. The molecule has 0 unspecified atom stereocenters. The van der Waals surface area contributed by atoms with Crippen molar-refractivity contribution in [3.63, 3.8) is 0 Å². The van der Waals surface area contributed by atoms with Crippen LogP contribution >= 0.6 is 0 Å². The molecule has 0 aliphatic carbocycles. The minimum absolute atomic E-state index is 0.00641. The summed E-state index contributed by atoms with van der Waals surface area (Å²) < 4.78 is 32.4. The average Bonchev–Trinajstić information content (AvgIpc) is 3.22. The van der Waals surface area contributed by atoms with Crippen molar-refractivity contribution in [3.05, 3.63) is 83.8 Å². The molecule has 28 heavy (non-hydrogen) atoms. The molecular weight excluding hydrogens is 382 g/mol. The second kappa shape index (κ2) is 7.97. The van der Waals surface area contributed by atoms with Crippen molar-refractivity contribution in [2.24, 2.45) is 0 Å². The molecule has 3 N–H and O–H groups in total. The lowest BCUT2D eigenvalue weighted by molar-refractivity contribution is 0.0831. The number of aryl methyl sites for hydroxylation is 1. The summed E-state index contributed by atoms with van der Waals surface area (Å²) in [6, 6.07) is 15.3. The van der Waals surface area contributed by atoms with E-state index in [2.05, 4.69) is 15.6 Å². The van der Waals surface area contributed by atoms with Gasteiger partial charge in [0.05, 0.1) is 16.8 Å². The van der Waals surface area contributed by atoms with Gasteiger partial charge in [0, 0.05) is 5.56 Å². The van der Waals surface area contributed by atoms with Gasteiger partial charge in [0.1, 0.15) is 0 Å². The Hall–Kier alpha value is -3.59. The Bertz CT molecular complexity index is 1090. The molecule has 2 amide bonds. The molecular formula is C19H17N3O5S. The number of sulfonamides is 1. The molecule has 0 aliphatic heterocycles. The Labute approximate surface area is 161 Å². The molecule has 0 atom stereocenters. The van der Waals surface area contributed by atoms with Crippen molar-refractivity contribution < 1.29 is 22.4 Å². The van der Waals surface area contributed by atoms with E-state index < -0.39 is 21.8 Å². The first-order chi connectivity index (χ1) is 13.4. The molecule has 1 heterocycles.